The van der Waals surface area contributed by atoms with Gasteiger partial charge in [0.15, 0.2) is 11.5 Å². The zero-order valence-corrected chi connectivity index (χ0v) is 18.6. The van der Waals surface area contributed by atoms with Gasteiger partial charge in [-0.2, -0.15) is 5.10 Å². The minimum absolute atomic E-state index is 0.0526. The molecule has 0 saturated carbocycles. The number of phenols is 1. The molecule has 0 atom stereocenters. The van der Waals surface area contributed by atoms with Gasteiger partial charge in [0.05, 0.1) is 13.3 Å². The Morgan fingerprint density at radius 2 is 1.76 bits per heavy atom. The molecule has 7 nitrogen and oxygen atoms in total. The molecule has 3 aromatic carbocycles. The number of nitrogens with zero attached hydrogens (tertiary/aromatic N) is 3. The number of carbonyl (C=O) groups is 1. The van der Waals surface area contributed by atoms with Gasteiger partial charge in [0.2, 0.25) is 0 Å². The number of phenolic OH excluding ortho intramolecular Hbond substituents is 1. The first-order chi connectivity index (χ1) is 16.1. The molecule has 1 saturated heterocycles. The van der Waals surface area contributed by atoms with Crippen LogP contribution >= 0.6 is 0 Å². The fourth-order valence-electron chi connectivity index (χ4n) is 3.83. The van der Waals surface area contributed by atoms with E-state index in [1.807, 2.05) is 30.3 Å². The molecular formula is C26H28N4O3. The molecular weight excluding hydrogens is 416 g/mol. The molecule has 3 aromatic rings. The lowest BCUT2D eigenvalue weighted by molar-refractivity contribution is 0.0955. The molecule has 1 fully saturated rings. The molecule has 0 unspecified atom stereocenters. The number of rotatable bonds is 7. The normalized spacial score (nSPS) is 14.4. The SMILES string of the molecule is COc1cc(/C=N/NC(=O)c2ccc(CN3CCN(c4ccccc4)CC3)cc2)ccc1O. The van der Waals surface area contributed by atoms with E-state index in [1.54, 1.807) is 12.1 Å². The fraction of sp³-hybridized carbons (Fsp3) is 0.231. The van der Waals surface area contributed by atoms with E-state index in [2.05, 4.69) is 44.6 Å². The first-order valence-electron chi connectivity index (χ1n) is 10.9. The highest BCUT2D eigenvalue weighted by atomic mass is 16.5. The van der Waals surface area contributed by atoms with Gasteiger partial charge in [0.25, 0.3) is 5.91 Å². The minimum Gasteiger partial charge on any atom is -0.504 e. The third-order valence-electron chi connectivity index (χ3n) is 5.70. The van der Waals surface area contributed by atoms with Crippen molar-refractivity contribution >= 4 is 17.8 Å². The number of nitrogens with one attached hydrogen (secondary N) is 1. The number of hydrogen-bond donors (Lipinski definition) is 2. The summed E-state index contributed by atoms with van der Waals surface area (Å²) < 4.78 is 5.07. The lowest BCUT2D eigenvalue weighted by atomic mass is 10.1. The summed E-state index contributed by atoms with van der Waals surface area (Å²) in [6, 6.07) is 23.0. The lowest BCUT2D eigenvalue weighted by Gasteiger charge is -2.36. The van der Waals surface area contributed by atoms with Gasteiger partial charge < -0.3 is 14.7 Å². The number of amides is 1. The van der Waals surface area contributed by atoms with Gasteiger partial charge in [-0.1, -0.05) is 30.3 Å². The summed E-state index contributed by atoms with van der Waals surface area (Å²) in [7, 11) is 1.48. The van der Waals surface area contributed by atoms with Crippen molar-refractivity contribution in [3.05, 3.63) is 89.5 Å². The Balaban J connectivity index is 1.26. The van der Waals surface area contributed by atoms with Crippen molar-refractivity contribution < 1.29 is 14.6 Å². The average molecular weight is 445 g/mol. The minimum atomic E-state index is -0.278. The summed E-state index contributed by atoms with van der Waals surface area (Å²) in [5.41, 5.74) is 6.24. The highest BCUT2D eigenvalue weighted by Gasteiger charge is 2.17. The van der Waals surface area contributed by atoms with Gasteiger partial charge in [-0.05, 0) is 53.6 Å². The van der Waals surface area contributed by atoms with Gasteiger partial charge in [-0.15, -0.1) is 0 Å². The zero-order chi connectivity index (χ0) is 23.0. The van der Waals surface area contributed by atoms with Gasteiger partial charge in [0.1, 0.15) is 0 Å². The van der Waals surface area contributed by atoms with E-state index in [-0.39, 0.29) is 11.7 Å². The fourth-order valence-corrected chi connectivity index (χ4v) is 3.83. The third-order valence-corrected chi connectivity index (χ3v) is 5.70. The summed E-state index contributed by atoms with van der Waals surface area (Å²) >= 11 is 0. The molecule has 4 rings (SSSR count). The number of anilines is 1. The van der Waals surface area contributed by atoms with Gasteiger partial charge in [-0.3, -0.25) is 9.69 Å². The predicted molar refractivity (Wildman–Crippen MR) is 130 cm³/mol. The summed E-state index contributed by atoms with van der Waals surface area (Å²) in [4.78, 5) is 17.2. The molecule has 1 heterocycles. The van der Waals surface area contributed by atoms with Crippen LogP contribution in [0.3, 0.4) is 0 Å². The highest BCUT2D eigenvalue weighted by Crippen LogP contribution is 2.25. The maximum Gasteiger partial charge on any atom is 0.271 e. The van der Waals surface area contributed by atoms with Crippen molar-refractivity contribution in [1.29, 1.82) is 0 Å². The number of aromatic hydroxyl groups is 1. The number of carbonyl (C=O) groups excluding carboxylic acids is 1. The van der Waals surface area contributed by atoms with Crippen molar-refractivity contribution in [1.82, 2.24) is 10.3 Å². The molecule has 1 amide bonds. The second-order valence-electron chi connectivity index (χ2n) is 7.93. The van der Waals surface area contributed by atoms with E-state index in [4.69, 9.17) is 4.74 Å². The lowest BCUT2D eigenvalue weighted by Crippen LogP contribution is -2.45. The molecule has 1 aliphatic heterocycles. The van der Waals surface area contributed by atoms with Crippen LogP contribution in [0.5, 0.6) is 11.5 Å². The molecule has 2 N–H and O–H groups in total. The second-order valence-corrected chi connectivity index (χ2v) is 7.93. The number of ether oxygens (including phenoxy) is 1. The van der Waals surface area contributed by atoms with Crippen LogP contribution in [0.4, 0.5) is 5.69 Å². The van der Waals surface area contributed by atoms with Gasteiger partial charge in [-0.25, -0.2) is 5.43 Å². The molecule has 0 aliphatic carbocycles. The number of para-hydroxylation sites is 1. The Kier molecular flexibility index (Phi) is 7.22. The maximum absolute atomic E-state index is 12.4. The second kappa shape index (κ2) is 10.7. The highest BCUT2D eigenvalue weighted by molar-refractivity contribution is 5.94. The number of hydrogen-bond acceptors (Lipinski definition) is 6. The molecule has 0 spiro atoms. The molecule has 7 heteroatoms. The van der Waals surface area contributed by atoms with E-state index in [1.165, 1.54) is 30.6 Å². The van der Waals surface area contributed by atoms with Crippen LogP contribution in [-0.2, 0) is 6.54 Å². The topological polar surface area (TPSA) is 77.4 Å². The number of benzene rings is 3. The van der Waals surface area contributed by atoms with E-state index in [0.29, 0.717) is 16.9 Å². The van der Waals surface area contributed by atoms with Crippen LogP contribution in [0.15, 0.2) is 77.9 Å². The van der Waals surface area contributed by atoms with Crippen molar-refractivity contribution in [2.75, 3.05) is 38.2 Å². The maximum atomic E-state index is 12.4. The van der Waals surface area contributed by atoms with Crippen molar-refractivity contribution in [3.8, 4) is 11.5 Å². The molecule has 33 heavy (non-hydrogen) atoms. The Labute approximate surface area is 193 Å². The predicted octanol–water partition coefficient (Wildman–Crippen LogP) is 3.49. The Bertz CT molecular complexity index is 1090. The summed E-state index contributed by atoms with van der Waals surface area (Å²) in [6.45, 7) is 4.90. The van der Waals surface area contributed by atoms with Crippen molar-refractivity contribution in [2.24, 2.45) is 5.10 Å². The molecule has 170 valence electrons. The van der Waals surface area contributed by atoms with Gasteiger partial charge in [0, 0.05) is 44.0 Å². The van der Waals surface area contributed by atoms with Crippen LogP contribution in [0.25, 0.3) is 0 Å². The third kappa shape index (κ3) is 5.90. The van der Waals surface area contributed by atoms with E-state index in [0.717, 1.165) is 32.7 Å². The van der Waals surface area contributed by atoms with E-state index < -0.39 is 0 Å². The van der Waals surface area contributed by atoms with Gasteiger partial charge >= 0.3 is 0 Å². The zero-order valence-electron chi connectivity index (χ0n) is 18.6. The summed E-state index contributed by atoms with van der Waals surface area (Å²) in [5.74, 6) is 0.124. The van der Waals surface area contributed by atoms with Crippen LogP contribution in [0.1, 0.15) is 21.5 Å². The van der Waals surface area contributed by atoms with Crippen molar-refractivity contribution in [2.45, 2.75) is 6.54 Å². The summed E-state index contributed by atoms with van der Waals surface area (Å²) in [5, 5.41) is 13.6. The number of piperazine rings is 1. The van der Waals surface area contributed by atoms with Crippen LogP contribution in [0, 0.1) is 0 Å². The molecule has 0 aromatic heterocycles. The first-order valence-corrected chi connectivity index (χ1v) is 10.9. The average Bonchev–Trinajstić information content (AvgIpc) is 2.86. The number of hydrazone groups is 1. The van der Waals surface area contributed by atoms with Crippen LogP contribution < -0.4 is 15.1 Å². The van der Waals surface area contributed by atoms with Crippen LogP contribution in [0.2, 0.25) is 0 Å². The van der Waals surface area contributed by atoms with Crippen molar-refractivity contribution in [3.63, 3.8) is 0 Å². The van der Waals surface area contributed by atoms with E-state index in [9.17, 15) is 9.90 Å². The summed E-state index contributed by atoms with van der Waals surface area (Å²) in [6.07, 6.45) is 1.50. The molecule has 0 bridgehead atoms. The molecule has 1 aliphatic rings. The van der Waals surface area contributed by atoms with Crippen LogP contribution in [-0.4, -0.2) is 55.4 Å². The Morgan fingerprint density at radius 3 is 2.45 bits per heavy atom. The quantitative estimate of drug-likeness (QED) is 0.431. The standard InChI is InChI=1S/C26H28N4O3/c1-33-25-17-21(9-12-24(25)31)18-27-28-26(32)22-10-7-20(8-11-22)19-29-13-15-30(16-14-29)23-5-3-2-4-6-23/h2-12,17-18,31H,13-16,19H2,1H3,(H,28,32)/b27-18+. The Morgan fingerprint density at radius 1 is 1.03 bits per heavy atom. The largest absolute Gasteiger partial charge is 0.504 e. The molecule has 0 radical (unpaired) electrons. The monoisotopic (exact) mass is 444 g/mol. The number of methoxy groups -OCH3 is 1. The first kappa shape index (κ1) is 22.4. The smallest absolute Gasteiger partial charge is 0.271 e. The van der Waals surface area contributed by atoms with E-state index >= 15 is 0 Å². The Hall–Kier alpha value is -3.84.